The van der Waals surface area contributed by atoms with Crippen molar-refractivity contribution in [3.63, 3.8) is 0 Å². The second kappa shape index (κ2) is 4.54. The zero-order valence-electron chi connectivity index (χ0n) is 11.1. The molecule has 0 fully saturated rings. The van der Waals surface area contributed by atoms with Crippen LogP contribution in [0.1, 0.15) is 28.7 Å². The lowest BCUT2D eigenvalue weighted by atomic mass is 9.84. The molecule has 18 heavy (non-hydrogen) atoms. The van der Waals surface area contributed by atoms with E-state index in [9.17, 15) is 9.90 Å². The predicted octanol–water partition coefficient (Wildman–Crippen LogP) is 2.89. The molecule has 0 saturated carbocycles. The number of Topliss-reactive ketones (excluding diaryl/α,β-unsaturated/α-hetero) is 1. The lowest BCUT2D eigenvalue weighted by Gasteiger charge is -2.22. The Morgan fingerprint density at radius 2 is 1.78 bits per heavy atom. The van der Waals surface area contributed by atoms with E-state index in [2.05, 4.69) is 18.7 Å². The topological polar surface area (TPSA) is 37.3 Å². The molecule has 0 spiro atoms. The summed E-state index contributed by atoms with van der Waals surface area (Å²) in [6, 6.07) is 4.12. The molecule has 0 radical (unpaired) electrons. The predicted molar refractivity (Wildman–Crippen MR) is 73.4 cm³/mol. The monoisotopic (exact) mass is 242 g/mol. The lowest BCUT2D eigenvalue weighted by Crippen LogP contribution is -2.27. The van der Waals surface area contributed by atoms with Crippen molar-refractivity contribution in [1.29, 1.82) is 0 Å². The molecule has 1 unspecified atom stereocenters. The van der Waals surface area contributed by atoms with E-state index in [0.29, 0.717) is 17.6 Å². The van der Waals surface area contributed by atoms with Gasteiger partial charge in [0, 0.05) is 5.57 Å². The molecule has 0 aromatic heterocycles. The Morgan fingerprint density at radius 1 is 1.22 bits per heavy atom. The molecule has 1 aliphatic carbocycles. The SMILES string of the molecule is C=C1CC=C(c2c(C)cc(C)cc2C)C(=O)C1O. The van der Waals surface area contributed by atoms with E-state index in [1.807, 2.05) is 26.8 Å². The third-order valence-electron chi connectivity index (χ3n) is 3.42. The summed E-state index contributed by atoms with van der Waals surface area (Å²) in [4.78, 5) is 12.1. The van der Waals surface area contributed by atoms with Crippen LogP contribution in [0.15, 0.2) is 30.4 Å². The number of ketones is 1. The molecule has 0 bridgehead atoms. The number of carbonyl (C=O) groups is 1. The highest BCUT2D eigenvalue weighted by Gasteiger charge is 2.28. The van der Waals surface area contributed by atoms with Gasteiger partial charge in [0.15, 0.2) is 5.78 Å². The number of aryl methyl sites for hydroxylation is 3. The van der Waals surface area contributed by atoms with E-state index in [1.54, 1.807) is 0 Å². The maximum absolute atomic E-state index is 12.1. The fourth-order valence-electron chi connectivity index (χ4n) is 2.61. The number of rotatable bonds is 1. The first-order chi connectivity index (χ1) is 8.41. The summed E-state index contributed by atoms with van der Waals surface area (Å²) >= 11 is 0. The molecule has 1 aromatic rings. The molecule has 1 aliphatic rings. The number of hydrogen-bond donors (Lipinski definition) is 1. The Balaban J connectivity index is 2.57. The van der Waals surface area contributed by atoms with Crippen molar-refractivity contribution in [2.24, 2.45) is 0 Å². The van der Waals surface area contributed by atoms with Crippen LogP contribution in [0.2, 0.25) is 0 Å². The quantitative estimate of drug-likeness (QED) is 0.769. The van der Waals surface area contributed by atoms with Gasteiger partial charge < -0.3 is 5.11 Å². The summed E-state index contributed by atoms with van der Waals surface area (Å²) in [5.41, 5.74) is 5.49. The van der Waals surface area contributed by atoms with Gasteiger partial charge >= 0.3 is 0 Å². The van der Waals surface area contributed by atoms with E-state index >= 15 is 0 Å². The number of benzene rings is 1. The van der Waals surface area contributed by atoms with Crippen LogP contribution in [0.4, 0.5) is 0 Å². The van der Waals surface area contributed by atoms with Crippen LogP contribution >= 0.6 is 0 Å². The molecule has 1 atom stereocenters. The van der Waals surface area contributed by atoms with Gasteiger partial charge in [-0.15, -0.1) is 0 Å². The average Bonchev–Trinajstić information content (AvgIpc) is 2.28. The van der Waals surface area contributed by atoms with Crippen LogP contribution in [0, 0.1) is 20.8 Å². The van der Waals surface area contributed by atoms with E-state index in [1.165, 1.54) is 5.56 Å². The largest absolute Gasteiger partial charge is 0.381 e. The van der Waals surface area contributed by atoms with Gasteiger partial charge in [-0.3, -0.25) is 4.79 Å². The summed E-state index contributed by atoms with van der Waals surface area (Å²) in [5, 5.41) is 9.82. The average molecular weight is 242 g/mol. The second-order valence-corrected chi connectivity index (χ2v) is 5.02. The van der Waals surface area contributed by atoms with Gasteiger partial charge in [-0.1, -0.05) is 30.4 Å². The van der Waals surface area contributed by atoms with E-state index in [-0.39, 0.29) is 5.78 Å². The van der Waals surface area contributed by atoms with Crippen LogP contribution in [-0.4, -0.2) is 17.0 Å². The summed E-state index contributed by atoms with van der Waals surface area (Å²) in [7, 11) is 0. The molecule has 0 amide bonds. The fourth-order valence-corrected chi connectivity index (χ4v) is 2.61. The normalized spacial score (nSPS) is 20.0. The zero-order valence-corrected chi connectivity index (χ0v) is 11.1. The second-order valence-electron chi connectivity index (χ2n) is 5.02. The Morgan fingerprint density at radius 3 is 2.33 bits per heavy atom. The smallest absolute Gasteiger partial charge is 0.195 e. The standard InChI is InChI=1S/C16H18O2/c1-9-7-11(3)14(12(4)8-9)13-6-5-10(2)15(17)16(13)18/h6-8,15,17H,2,5H2,1,3-4H3. The molecule has 0 aliphatic heterocycles. The maximum Gasteiger partial charge on any atom is 0.195 e. The molecular formula is C16H18O2. The van der Waals surface area contributed by atoms with E-state index in [4.69, 9.17) is 0 Å². The molecule has 1 aromatic carbocycles. The van der Waals surface area contributed by atoms with Gasteiger partial charge in [-0.2, -0.15) is 0 Å². The lowest BCUT2D eigenvalue weighted by molar-refractivity contribution is -0.120. The third kappa shape index (κ3) is 2.04. The molecule has 2 nitrogen and oxygen atoms in total. The summed E-state index contributed by atoms with van der Waals surface area (Å²) in [5.74, 6) is -0.235. The van der Waals surface area contributed by atoms with Crippen molar-refractivity contribution in [2.75, 3.05) is 0 Å². The van der Waals surface area contributed by atoms with Crippen molar-refractivity contribution < 1.29 is 9.90 Å². The number of hydrogen-bond acceptors (Lipinski definition) is 2. The fraction of sp³-hybridized carbons (Fsp3) is 0.312. The van der Waals surface area contributed by atoms with Gasteiger partial charge in [0.1, 0.15) is 6.10 Å². The molecular weight excluding hydrogens is 224 g/mol. The highest BCUT2D eigenvalue weighted by Crippen LogP contribution is 2.31. The van der Waals surface area contributed by atoms with Crippen molar-refractivity contribution in [3.05, 3.63) is 52.6 Å². The number of aliphatic hydroxyl groups excluding tert-OH is 1. The van der Waals surface area contributed by atoms with Gasteiger partial charge in [0.05, 0.1) is 0 Å². The Bertz CT molecular complexity index is 541. The maximum atomic E-state index is 12.1. The third-order valence-corrected chi connectivity index (χ3v) is 3.42. The summed E-state index contributed by atoms with van der Waals surface area (Å²) in [6.07, 6.45) is 1.39. The minimum atomic E-state index is -1.05. The minimum absolute atomic E-state index is 0.235. The van der Waals surface area contributed by atoms with Crippen molar-refractivity contribution in [2.45, 2.75) is 33.3 Å². The molecule has 0 saturated heterocycles. The number of carbonyl (C=O) groups excluding carboxylic acids is 1. The van der Waals surface area contributed by atoms with Crippen LogP contribution < -0.4 is 0 Å². The highest BCUT2D eigenvalue weighted by atomic mass is 16.3. The summed E-state index contributed by atoms with van der Waals surface area (Å²) in [6.45, 7) is 9.76. The van der Waals surface area contributed by atoms with Crippen LogP contribution in [0.5, 0.6) is 0 Å². The van der Waals surface area contributed by atoms with Crippen LogP contribution in [-0.2, 0) is 4.79 Å². The minimum Gasteiger partial charge on any atom is -0.381 e. The Hall–Kier alpha value is -1.67. The zero-order chi connectivity index (χ0) is 13.4. The molecule has 94 valence electrons. The van der Waals surface area contributed by atoms with Crippen LogP contribution in [0.3, 0.4) is 0 Å². The van der Waals surface area contributed by atoms with Gasteiger partial charge in [-0.05, 0) is 49.5 Å². The molecule has 2 rings (SSSR count). The van der Waals surface area contributed by atoms with Gasteiger partial charge in [0.2, 0.25) is 0 Å². The molecule has 1 N–H and O–H groups in total. The van der Waals surface area contributed by atoms with Crippen molar-refractivity contribution in [3.8, 4) is 0 Å². The first kappa shape index (κ1) is 12.8. The van der Waals surface area contributed by atoms with Crippen molar-refractivity contribution >= 4 is 11.4 Å². The Labute approximate surface area is 108 Å². The molecule has 0 heterocycles. The number of allylic oxidation sites excluding steroid dienone is 1. The highest BCUT2D eigenvalue weighted by molar-refractivity contribution is 6.25. The first-order valence-corrected chi connectivity index (χ1v) is 6.10. The van der Waals surface area contributed by atoms with E-state index < -0.39 is 6.10 Å². The van der Waals surface area contributed by atoms with E-state index in [0.717, 1.165) is 16.7 Å². The van der Waals surface area contributed by atoms with Crippen molar-refractivity contribution in [1.82, 2.24) is 0 Å². The number of aliphatic hydroxyl groups is 1. The van der Waals surface area contributed by atoms with Gasteiger partial charge in [-0.25, -0.2) is 0 Å². The first-order valence-electron chi connectivity index (χ1n) is 6.10. The molecule has 2 heteroatoms. The van der Waals surface area contributed by atoms with Crippen LogP contribution in [0.25, 0.3) is 5.57 Å². The van der Waals surface area contributed by atoms with Gasteiger partial charge in [0.25, 0.3) is 0 Å². The Kier molecular flexibility index (Phi) is 3.22. The summed E-state index contributed by atoms with van der Waals surface area (Å²) < 4.78 is 0.